The van der Waals surface area contributed by atoms with E-state index in [1.54, 1.807) is 6.07 Å². The summed E-state index contributed by atoms with van der Waals surface area (Å²) in [7, 11) is 1.54. The largest absolute Gasteiger partial charge is 0.504 e. The lowest BCUT2D eigenvalue weighted by Gasteiger charge is -2.14. The van der Waals surface area contributed by atoms with Gasteiger partial charge in [-0.15, -0.1) is 0 Å². The Labute approximate surface area is 153 Å². The van der Waals surface area contributed by atoms with Gasteiger partial charge in [-0.3, -0.25) is 0 Å². The van der Waals surface area contributed by atoms with Crippen LogP contribution in [-0.4, -0.2) is 19.0 Å². The van der Waals surface area contributed by atoms with E-state index in [-0.39, 0.29) is 12.5 Å². The van der Waals surface area contributed by atoms with Crippen LogP contribution >= 0.6 is 15.9 Å². The van der Waals surface area contributed by atoms with Crippen LogP contribution in [0.5, 0.6) is 23.0 Å². The van der Waals surface area contributed by atoms with E-state index in [4.69, 9.17) is 14.2 Å². The standard InChI is InChI=1S/C19H16BrNO4/c1-23-16-6-5-14(20)13(19(16)22)9-21-15-4-2-3-11-7-17-18(8-12(11)15)25-10-24-17/h2-8,21-22H,9-10H2,1H3. The highest BCUT2D eigenvalue weighted by Gasteiger charge is 2.16. The summed E-state index contributed by atoms with van der Waals surface area (Å²) in [4.78, 5) is 0. The summed E-state index contributed by atoms with van der Waals surface area (Å²) < 4.78 is 16.9. The fourth-order valence-corrected chi connectivity index (χ4v) is 3.39. The number of benzene rings is 3. The fourth-order valence-electron chi connectivity index (χ4n) is 2.93. The average Bonchev–Trinajstić information content (AvgIpc) is 3.07. The van der Waals surface area contributed by atoms with Gasteiger partial charge in [0.05, 0.1) is 7.11 Å². The molecule has 4 rings (SSSR count). The Morgan fingerprint density at radius 1 is 1.16 bits per heavy atom. The second-order valence-corrected chi connectivity index (χ2v) is 6.52. The Morgan fingerprint density at radius 3 is 2.76 bits per heavy atom. The van der Waals surface area contributed by atoms with Crippen LogP contribution in [0.15, 0.2) is 46.9 Å². The lowest BCUT2D eigenvalue weighted by molar-refractivity contribution is 0.174. The van der Waals surface area contributed by atoms with Crippen molar-refractivity contribution in [3.63, 3.8) is 0 Å². The molecule has 0 saturated carbocycles. The van der Waals surface area contributed by atoms with Gasteiger partial charge < -0.3 is 24.6 Å². The number of phenols is 1. The molecule has 1 heterocycles. The molecule has 0 radical (unpaired) electrons. The second kappa shape index (κ2) is 6.37. The van der Waals surface area contributed by atoms with Crippen molar-refractivity contribution in [3.8, 4) is 23.0 Å². The first-order valence-electron chi connectivity index (χ1n) is 7.78. The van der Waals surface area contributed by atoms with Crippen LogP contribution in [0.3, 0.4) is 0 Å². The summed E-state index contributed by atoms with van der Waals surface area (Å²) in [6.07, 6.45) is 0. The molecule has 6 heteroatoms. The molecule has 25 heavy (non-hydrogen) atoms. The smallest absolute Gasteiger partial charge is 0.231 e. The predicted molar refractivity (Wildman–Crippen MR) is 99.8 cm³/mol. The Hall–Kier alpha value is -2.60. The third-order valence-electron chi connectivity index (χ3n) is 4.24. The maximum atomic E-state index is 10.4. The first kappa shape index (κ1) is 15.9. The van der Waals surface area contributed by atoms with E-state index in [9.17, 15) is 5.11 Å². The molecule has 0 spiro atoms. The summed E-state index contributed by atoms with van der Waals surface area (Å²) in [5.41, 5.74) is 1.68. The third kappa shape index (κ3) is 2.82. The van der Waals surface area contributed by atoms with Gasteiger partial charge in [0.2, 0.25) is 6.79 Å². The van der Waals surface area contributed by atoms with E-state index in [1.165, 1.54) is 7.11 Å². The van der Waals surface area contributed by atoms with E-state index < -0.39 is 0 Å². The number of phenolic OH excluding ortho intramolecular Hbond substituents is 1. The number of nitrogens with one attached hydrogen (secondary N) is 1. The molecule has 0 aromatic heterocycles. The highest BCUT2D eigenvalue weighted by atomic mass is 79.9. The van der Waals surface area contributed by atoms with Crippen molar-refractivity contribution in [1.82, 2.24) is 0 Å². The minimum atomic E-state index is 0.127. The number of rotatable bonds is 4. The van der Waals surface area contributed by atoms with Gasteiger partial charge in [0, 0.05) is 27.7 Å². The summed E-state index contributed by atoms with van der Waals surface area (Å²) >= 11 is 3.48. The number of methoxy groups -OCH3 is 1. The van der Waals surface area contributed by atoms with Crippen molar-refractivity contribution in [2.45, 2.75) is 6.54 Å². The lowest BCUT2D eigenvalue weighted by atomic mass is 10.1. The summed E-state index contributed by atoms with van der Waals surface area (Å²) in [5.74, 6) is 2.08. The van der Waals surface area contributed by atoms with Gasteiger partial charge in [-0.05, 0) is 35.7 Å². The minimum absolute atomic E-state index is 0.127. The normalized spacial score (nSPS) is 12.4. The molecule has 0 saturated heterocycles. The molecule has 3 aromatic carbocycles. The van der Waals surface area contributed by atoms with Crippen LogP contribution in [0.2, 0.25) is 0 Å². The van der Waals surface area contributed by atoms with Crippen LogP contribution < -0.4 is 19.5 Å². The van der Waals surface area contributed by atoms with E-state index >= 15 is 0 Å². The molecular weight excluding hydrogens is 386 g/mol. The Morgan fingerprint density at radius 2 is 1.96 bits per heavy atom. The quantitative estimate of drug-likeness (QED) is 0.665. The summed E-state index contributed by atoms with van der Waals surface area (Å²) in [6.45, 7) is 0.691. The van der Waals surface area contributed by atoms with Crippen LogP contribution in [0.1, 0.15) is 5.56 Å². The molecular formula is C19H16BrNO4. The van der Waals surface area contributed by atoms with Crippen molar-refractivity contribution in [1.29, 1.82) is 0 Å². The predicted octanol–water partition coefficient (Wildman–Crippen LogP) is 4.66. The maximum absolute atomic E-state index is 10.4. The van der Waals surface area contributed by atoms with Gasteiger partial charge >= 0.3 is 0 Å². The Bertz CT molecular complexity index is 958. The fraction of sp³-hybridized carbons (Fsp3) is 0.158. The van der Waals surface area contributed by atoms with Crippen LogP contribution in [0, 0.1) is 0 Å². The van der Waals surface area contributed by atoms with Crippen molar-refractivity contribution in [3.05, 3.63) is 52.5 Å². The van der Waals surface area contributed by atoms with Crippen molar-refractivity contribution in [2.24, 2.45) is 0 Å². The minimum Gasteiger partial charge on any atom is -0.504 e. The molecule has 5 nitrogen and oxygen atoms in total. The zero-order valence-corrected chi connectivity index (χ0v) is 15.1. The van der Waals surface area contributed by atoms with Gasteiger partial charge in [0.1, 0.15) is 0 Å². The first-order valence-corrected chi connectivity index (χ1v) is 8.57. The molecule has 1 aliphatic heterocycles. The van der Waals surface area contributed by atoms with Gasteiger partial charge in [0.25, 0.3) is 0 Å². The van der Waals surface area contributed by atoms with Gasteiger partial charge in [-0.25, -0.2) is 0 Å². The number of fused-ring (bicyclic) bond motifs is 2. The first-order chi connectivity index (χ1) is 12.2. The molecule has 0 bridgehead atoms. The summed E-state index contributed by atoms with van der Waals surface area (Å²) in [6, 6.07) is 13.5. The number of halogens is 1. The van der Waals surface area contributed by atoms with Crippen LogP contribution in [0.4, 0.5) is 5.69 Å². The average molecular weight is 402 g/mol. The molecule has 0 unspecified atom stereocenters. The zero-order valence-electron chi connectivity index (χ0n) is 13.5. The van der Waals surface area contributed by atoms with Crippen LogP contribution in [-0.2, 0) is 6.54 Å². The van der Waals surface area contributed by atoms with Crippen LogP contribution in [0.25, 0.3) is 10.8 Å². The van der Waals surface area contributed by atoms with E-state index in [0.717, 1.165) is 38.0 Å². The monoisotopic (exact) mass is 401 g/mol. The van der Waals surface area contributed by atoms with E-state index in [1.807, 2.05) is 36.4 Å². The number of hydrogen-bond donors (Lipinski definition) is 2. The number of hydrogen-bond acceptors (Lipinski definition) is 5. The molecule has 1 aliphatic rings. The molecule has 3 aromatic rings. The topological polar surface area (TPSA) is 60.0 Å². The highest BCUT2D eigenvalue weighted by Crippen LogP contribution is 2.39. The molecule has 0 fully saturated rings. The zero-order chi connectivity index (χ0) is 17.4. The van der Waals surface area contributed by atoms with Crippen molar-refractivity contribution >= 4 is 32.4 Å². The molecule has 128 valence electrons. The SMILES string of the molecule is COc1ccc(Br)c(CNc2cccc3cc4c(cc23)OCO4)c1O. The van der Waals surface area contributed by atoms with Gasteiger partial charge in [-0.2, -0.15) is 0 Å². The molecule has 0 amide bonds. The van der Waals surface area contributed by atoms with Gasteiger partial charge in [0.15, 0.2) is 23.0 Å². The number of aromatic hydroxyl groups is 1. The van der Waals surface area contributed by atoms with Crippen molar-refractivity contribution in [2.75, 3.05) is 19.2 Å². The van der Waals surface area contributed by atoms with Crippen molar-refractivity contribution < 1.29 is 19.3 Å². The van der Waals surface area contributed by atoms with Gasteiger partial charge in [-0.1, -0.05) is 28.1 Å². The summed E-state index contributed by atoms with van der Waals surface area (Å²) in [5, 5.41) is 15.8. The third-order valence-corrected chi connectivity index (χ3v) is 4.98. The maximum Gasteiger partial charge on any atom is 0.231 e. The molecule has 0 aliphatic carbocycles. The van der Waals surface area contributed by atoms with E-state index in [2.05, 4.69) is 21.2 Å². The number of ether oxygens (including phenoxy) is 3. The van der Waals surface area contributed by atoms with E-state index in [0.29, 0.717) is 12.3 Å². The number of anilines is 1. The molecule has 2 N–H and O–H groups in total. The highest BCUT2D eigenvalue weighted by molar-refractivity contribution is 9.10. The second-order valence-electron chi connectivity index (χ2n) is 5.66. The lowest BCUT2D eigenvalue weighted by Crippen LogP contribution is -2.02. The Balaban J connectivity index is 1.68. The molecule has 0 atom stereocenters. The Kier molecular flexibility index (Phi) is 4.05.